The van der Waals surface area contributed by atoms with Gasteiger partial charge in [0.15, 0.2) is 17.3 Å². The van der Waals surface area contributed by atoms with Crippen LogP contribution in [0.15, 0.2) is 53.0 Å². The normalized spacial score (nSPS) is 15.5. The fourth-order valence-corrected chi connectivity index (χ4v) is 2.68. The van der Waals surface area contributed by atoms with Crippen LogP contribution >= 0.6 is 15.9 Å². The maximum absolute atomic E-state index is 12.0. The fourth-order valence-electron chi connectivity index (χ4n) is 2.41. The molecule has 0 aliphatic carbocycles. The maximum atomic E-state index is 12.0. The standard InChI is InChI=1S/C19H17BrO5/c20-14-9-7-13(8-10-14)15(21)4-3-11-23-19(22)18-12-24-16-5-1-2-6-17(16)25-18/h1-2,5-10,18H,3-4,11-12H2/t18-/m1/s1. The third kappa shape index (κ3) is 4.60. The van der Waals surface area contributed by atoms with Gasteiger partial charge in [0.05, 0.1) is 6.61 Å². The first-order valence-corrected chi connectivity index (χ1v) is 8.76. The Morgan fingerprint density at radius 3 is 2.56 bits per heavy atom. The molecule has 6 heteroatoms. The van der Waals surface area contributed by atoms with Crippen molar-refractivity contribution in [2.24, 2.45) is 0 Å². The Kier molecular flexibility index (Phi) is 5.71. The number of hydrogen-bond acceptors (Lipinski definition) is 5. The molecule has 0 N–H and O–H groups in total. The van der Waals surface area contributed by atoms with Crippen LogP contribution in [0.25, 0.3) is 0 Å². The predicted molar refractivity (Wildman–Crippen MR) is 95.0 cm³/mol. The second kappa shape index (κ2) is 8.16. The molecule has 0 radical (unpaired) electrons. The monoisotopic (exact) mass is 404 g/mol. The number of halogens is 1. The van der Waals surface area contributed by atoms with Crippen LogP contribution < -0.4 is 9.47 Å². The number of fused-ring (bicyclic) bond motifs is 1. The number of ketones is 1. The van der Waals surface area contributed by atoms with E-state index in [1.54, 1.807) is 24.3 Å². The van der Waals surface area contributed by atoms with Crippen molar-refractivity contribution in [3.8, 4) is 11.5 Å². The molecule has 1 aliphatic rings. The first-order chi connectivity index (χ1) is 12.1. The van der Waals surface area contributed by atoms with Gasteiger partial charge in [0.1, 0.15) is 6.61 Å². The molecule has 1 atom stereocenters. The highest BCUT2D eigenvalue weighted by Gasteiger charge is 2.28. The molecule has 0 spiro atoms. The molecule has 2 aromatic carbocycles. The van der Waals surface area contributed by atoms with Gasteiger partial charge in [0.2, 0.25) is 6.10 Å². The highest BCUT2D eigenvalue weighted by molar-refractivity contribution is 9.10. The van der Waals surface area contributed by atoms with Gasteiger partial charge in [0, 0.05) is 16.5 Å². The van der Waals surface area contributed by atoms with Crippen molar-refractivity contribution >= 4 is 27.7 Å². The van der Waals surface area contributed by atoms with Crippen LogP contribution in [0.5, 0.6) is 11.5 Å². The van der Waals surface area contributed by atoms with E-state index in [1.807, 2.05) is 24.3 Å². The second-order valence-corrected chi connectivity index (χ2v) is 6.48. The SMILES string of the molecule is O=C(CCCOC(=O)[C@H]1COc2ccccc2O1)c1ccc(Br)cc1. The number of hydrogen-bond donors (Lipinski definition) is 0. The molecule has 0 saturated heterocycles. The zero-order valence-corrected chi connectivity index (χ0v) is 15.0. The zero-order chi connectivity index (χ0) is 17.6. The van der Waals surface area contributed by atoms with Crippen LogP contribution in [0, 0.1) is 0 Å². The Morgan fingerprint density at radius 1 is 1.08 bits per heavy atom. The van der Waals surface area contributed by atoms with Gasteiger partial charge < -0.3 is 14.2 Å². The van der Waals surface area contributed by atoms with Gasteiger partial charge in [-0.3, -0.25) is 4.79 Å². The highest BCUT2D eigenvalue weighted by Crippen LogP contribution is 2.31. The topological polar surface area (TPSA) is 61.8 Å². The lowest BCUT2D eigenvalue weighted by molar-refractivity contribution is -0.154. The van der Waals surface area contributed by atoms with E-state index in [1.165, 1.54) is 0 Å². The smallest absolute Gasteiger partial charge is 0.350 e. The Hall–Kier alpha value is -2.34. The summed E-state index contributed by atoms with van der Waals surface area (Å²) in [7, 11) is 0. The van der Waals surface area contributed by atoms with E-state index in [0.29, 0.717) is 29.9 Å². The number of rotatable bonds is 6. The largest absolute Gasteiger partial charge is 0.485 e. The second-order valence-electron chi connectivity index (χ2n) is 5.57. The molecule has 0 saturated carbocycles. The summed E-state index contributed by atoms with van der Waals surface area (Å²) in [6, 6.07) is 14.4. The molecule has 1 aliphatic heterocycles. The van der Waals surface area contributed by atoms with Crippen molar-refractivity contribution in [1.82, 2.24) is 0 Å². The molecule has 5 nitrogen and oxygen atoms in total. The van der Waals surface area contributed by atoms with Crippen molar-refractivity contribution in [3.63, 3.8) is 0 Å². The van der Waals surface area contributed by atoms with Gasteiger partial charge in [0.25, 0.3) is 0 Å². The van der Waals surface area contributed by atoms with Crippen LogP contribution in [-0.4, -0.2) is 31.1 Å². The van der Waals surface area contributed by atoms with Crippen molar-refractivity contribution in [1.29, 1.82) is 0 Å². The maximum Gasteiger partial charge on any atom is 0.350 e. The van der Waals surface area contributed by atoms with Gasteiger partial charge >= 0.3 is 5.97 Å². The molecular weight excluding hydrogens is 388 g/mol. The van der Waals surface area contributed by atoms with Crippen LogP contribution in [0.3, 0.4) is 0 Å². The Bertz CT molecular complexity index is 757. The molecule has 0 amide bonds. The molecule has 2 aromatic rings. The summed E-state index contributed by atoms with van der Waals surface area (Å²) in [5.74, 6) is 0.688. The number of ether oxygens (including phenoxy) is 3. The lowest BCUT2D eigenvalue weighted by atomic mass is 10.1. The predicted octanol–water partition coefficient (Wildman–Crippen LogP) is 3.80. The van der Waals surface area contributed by atoms with Crippen LogP contribution in [0.4, 0.5) is 0 Å². The number of para-hydroxylation sites is 2. The van der Waals surface area contributed by atoms with Gasteiger partial charge in [-0.05, 0) is 30.7 Å². The van der Waals surface area contributed by atoms with Crippen LogP contribution in [0.2, 0.25) is 0 Å². The summed E-state index contributed by atoms with van der Waals surface area (Å²) >= 11 is 3.33. The molecular formula is C19H17BrO5. The van der Waals surface area contributed by atoms with Crippen molar-refractivity contribution in [2.75, 3.05) is 13.2 Å². The van der Waals surface area contributed by atoms with E-state index in [0.717, 1.165) is 4.47 Å². The minimum atomic E-state index is -0.780. The summed E-state index contributed by atoms with van der Waals surface area (Å²) in [4.78, 5) is 24.1. The van der Waals surface area contributed by atoms with E-state index in [9.17, 15) is 9.59 Å². The number of carbonyl (C=O) groups is 2. The number of carbonyl (C=O) groups excluding carboxylic acids is 2. The number of esters is 1. The minimum absolute atomic E-state index is 0.0229. The van der Waals surface area contributed by atoms with Crippen molar-refractivity contribution in [2.45, 2.75) is 18.9 Å². The summed E-state index contributed by atoms with van der Waals surface area (Å²) in [6.45, 7) is 0.288. The first kappa shape index (κ1) is 17.5. The summed E-state index contributed by atoms with van der Waals surface area (Å²) in [5, 5.41) is 0. The van der Waals surface area contributed by atoms with Crippen LogP contribution in [0.1, 0.15) is 23.2 Å². The van der Waals surface area contributed by atoms with Gasteiger partial charge in [-0.2, -0.15) is 0 Å². The number of Topliss-reactive ketones (excluding diaryl/α,β-unsaturated/α-hetero) is 1. The molecule has 0 aromatic heterocycles. The first-order valence-electron chi connectivity index (χ1n) is 7.97. The molecule has 0 unspecified atom stereocenters. The average Bonchev–Trinajstić information content (AvgIpc) is 2.65. The molecule has 130 valence electrons. The van der Waals surface area contributed by atoms with Gasteiger partial charge in [-0.25, -0.2) is 4.79 Å². The molecule has 1 heterocycles. The third-order valence-corrected chi connectivity index (χ3v) is 4.26. The van der Waals surface area contributed by atoms with E-state index in [2.05, 4.69) is 15.9 Å². The Balaban J connectivity index is 1.41. The zero-order valence-electron chi connectivity index (χ0n) is 13.4. The molecule has 0 bridgehead atoms. The summed E-state index contributed by atoms with van der Waals surface area (Å²) in [5.41, 5.74) is 0.648. The Labute approximate surface area is 154 Å². The van der Waals surface area contributed by atoms with E-state index in [-0.39, 0.29) is 19.0 Å². The van der Waals surface area contributed by atoms with Crippen LogP contribution in [-0.2, 0) is 9.53 Å². The van der Waals surface area contributed by atoms with Crippen molar-refractivity contribution in [3.05, 3.63) is 58.6 Å². The van der Waals surface area contributed by atoms with Gasteiger partial charge in [-0.1, -0.05) is 40.2 Å². The lowest BCUT2D eigenvalue weighted by Gasteiger charge is -2.24. The number of benzene rings is 2. The fraction of sp³-hybridized carbons (Fsp3) is 0.263. The highest BCUT2D eigenvalue weighted by atomic mass is 79.9. The van der Waals surface area contributed by atoms with Gasteiger partial charge in [-0.15, -0.1) is 0 Å². The van der Waals surface area contributed by atoms with E-state index in [4.69, 9.17) is 14.2 Å². The Morgan fingerprint density at radius 2 is 1.80 bits per heavy atom. The summed E-state index contributed by atoms with van der Waals surface area (Å²) in [6.07, 6.45) is 0.00183. The summed E-state index contributed by atoms with van der Waals surface area (Å²) < 4.78 is 17.2. The molecule has 3 rings (SSSR count). The molecule has 0 fully saturated rings. The van der Waals surface area contributed by atoms with E-state index >= 15 is 0 Å². The lowest BCUT2D eigenvalue weighted by Crippen LogP contribution is -2.38. The van der Waals surface area contributed by atoms with E-state index < -0.39 is 12.1 Å². The average molecular weight is 405 g/mol. The quantitative estimate of drug-likeness (QED) is 0.416. The third-order valence-electron chi connectivity index (χ3n) is 3.73. The van der Waals surface area contributed by atoms with Crippen molar-refractivity contribution < 1.29 is 23.8 Å². The molecule has 25 heavy (non-hydrogen) atoms. The minimum Gasteiger partial charge on any atom is -0.485 e.